The minimum atomic E-state index is -0.244. The standard InChI is InChI=1S/C16H15BrFNOS/c1-2-5-19-16(15-8-11(17)9-21-15)14-7-10-6-12(18)3-4-13(10)20-14/h3-4,6-9,16,19H,2,5H2,1H3. The second kappa shape index (κ2) is 6.30. The van der Waals surface area contributed by atoms with Gasteiger partial charge in [0.25, 0.3) is 0 Å². The molecule has 2 aromatic heterocycles. The molecule has 0 aliphatic rings. The van der Waals surface area contributed by atoms with Crippen molar-refractivity contribution in [2.75, 3.05) is 6.54 Å². The minimum absolute atomic E-state index is 0.00305. The lowest BCUT2D eigenvalue weighted by Gasteiger charge is -2.14. The molecule has 0 aliphatic carbocycles. The molecule has 0 amide bonds. The number of rotatable bonds is 5. The predicted octanol–water partition coefficient (Wildman–Crippen LogP) is 5.48. The first-order valence-electron chi connectivity index (χ1n) is 6.83. The van der Waals surface area contributed by atoms with E-state index in [1.54, 1.807) is 17.4 Å². The van der Waals surface area contributed by atoms with E-state index in [-0.39, 0.29) is 11.9 Å². The maximum Gasteiger partial charge on any atom is 0.134 e. The van der Waals surface area contributed by atoms with Gasteiger partial charge in [-0.1, -0.05) is 6.92 Å². The van der Waals surface area contributed by atoms with E-state index in [1.165, 1.54) is 17.0 Å². The van der Waals surface area contributed by atoms with E-state index >= 15 is 0 Å². The van der Waals surface area contributed by atoms with Gasteiger partial charge in [0.15, 0.2) is 0 Å². The zero-order valence-electron chi connectivity index (χ0n) is 11.5. The summed E-state index contributed by atoms with van der Waals surface area (Å²) in [4.78, 5) is 1.18. The molecule has 1 unspecified atom stereocenters. The van der Waals surface area contributed by atoms with Gasteiger partial charge in [-0.15, -0.1) is 11.3 Å². The number of benzene rings is 1. The van der Waals surface area contributed by atoms with Crippen LogP contribution in [0.3, 0.4) is 0 Å². The van der Waals surface area contributed by atoms with Gasteiger partial charge in [-0.3, -0.25) is 0 Å². The summed E-state index contributed by atoms with van der Waals surface area (Å²) in [5.74, 6) is 0.574. The van der Waals surface area contributed by atoms with Crippen molar-refractivity contribution in [2.45, 2.75) is 19.4 Å². The Morgan fingerprint density at radius 2 is 2.19 bits per heavy atom. The molecule has 0 aliphatic heterocycles. The first kappa shape index (κ1) is 14.8. The van der Waals surface area contributed by atoms with Gasteiger partial charge in [-0.2, -0.15) is 0 Å². The van der Waals surface area contributed by atoms with Crippen molar-refractivity contribution >= 4 is 38.2 Å². The van der Waals surface area contributed by atoms with Gasteiger partial charge in [-0.05, 0) is 59.2 Å². The molecule has 0 spiro atoms. The van der Waals surface area contributed by atoms with Crippen LogP contribution in [0.2, 0.25) is 0 Å². The van der Waals surface area contributed by atoms with Crippen LogP contribution in [0.4, 0.5) is 4.39 Å². The average Bonchev–Trinajstić information content (AvgIpc) is 3.05. The summed E-state index contributed by atoms with van der Waals surface area (Å²) < 4.78 is 20.3. The molecule has 2 nitrogen and oxygen atoms in total. The summed E-state index contributed by atoms with van der Waals surface area (Å²) in [6, 6.07) is 8.60. The first-order chi connectivity index (χ1) is 10.2. The second-order valence-electron chi connectivity index (χ2n) is 4.89. The number of hydrogen-bond donors (Lipinski definition) is 1. The topological polar surface area (TPSA) is 25.2 Å². The fourth-order valence-corrected chi connectivity index (χ4v) is 3.81. The van der Waals surface area contributed by atoms with Gasteiger partial charge in [0.05, 0.1) is 0 Å². The van der Waals surface area contributed by atoms with Gasteiger partial charge in [0, 0.05) is 20.1 Å². The number of halogens is 2. The maximum absolute atomic E-state index is 13.3. The fourth-order valence-electron chi connectivity index (χ4n) is 2.29. The number of fused-ring (bicyclic) bond motifs is 1. The average molecular weight is 368 g/mol. The van der Waals surface area contributed by atoms with Crippen molar-refractivity contribution in [3.63, 3.8) is 0 Å². The highest BCUT2D eigenvalue weighted by Gasteiger charge is 2.19. The lowest BCUT2D eigenvalue weighted by Crippen LogP contribution is -2.21. The lowest BCUT2D eigenvalue weighted by atomic mass is 10.1. The van der Waals surface area contributed by atoms with Crippen LogP contribution >= 0.6 is 27.3 Å². The smallest absolute Gasteiger partial charge is 0.134 e. The summed E-state index contributed by atoms with van der Waals surface area (Å²) in [5, 5.41) is 6.34. The zero-order chi connectivity index (χ0) is 14.8. The molecule has 3 rings (SSSR count). The Bertz CT molecular complexity index is 752. The molecular formula is C16H15BrFNOS. The van der Waals surface area contributed by atoms with Crippen LogP contribution in [0, 0.1) is 5.82 Å². The SMILES string of the molecule is CCCNC(c1cc2cc(F)ccc2o1)c1cc(Br)cs1. The molecule has 5 heteroatoms. The van der Waals surface area contributed by atoms with Crippen LogP contribution < -0.4 is 5.32 Å². The first-order valence-corrected chi connectivity index (χ1v) is 8.51. The molecule has 3 aromatic rings. The predicted molar refractivity (Wildman–Crippen MR) is 88.3 cm³/mol. The maximum atomic E-state index is 13.3. The molecule has 21 heavy (non-hydrogen) atoms. The van der Waals surface area contributed by atoms with E-state index < -0.39 is 0 Å². The lowest BCUT2D eigenvalue weighted by molar-refractivity contribution is 0.473. The molecule has 1 N–H and O–H groups in total. The molecule has 0 bridgehead atoms. The van der Waals surface area contributed by atoms with Crippen molar-refractivity contribution < 1.29 is 8.81 Å². The Balaban J connectivity index is 2.00. The van der Waals surface area contributed by atoms with E-state index in [4.69, 9.17) is 4.42 Å². The van der Waals surface area contributed by atoms with Crippen molar-refractivity contribution in [1.82, 2.24) is 5.32 Å². The van der Waals surface area contributed by atoms with E-state index in [1.807, 2.05) is 6.07 Å². The summed E-state index contributed by atoms with van der Waals surface area (Å²) in [6.07, 6.45) is 1.04. The van der Waals surface area contributed by atoms with Crippen LogP contribution in [-0.4, -0.2) is 6.54 Å². The molecular weight excluding hydrogens is 353 g/mol. The highest BCUT2D eigenvalue weighted by atomic mass is 79.9. The van der Waals surface area contributed by atoms with Crippen LogP contribution in [0.5, 0.6) is 0 Å². The molecule has 0 radical (unpaired) electrons. The molecule has 2 heterocycles. The minimum Gasteiger partial charge on any atom is -0.459 e. The monoisotopic (exact) mass is 367 g/mol. The third kappa shape index (κ3) is 3.20. The molecule has 0 saturated heterocycles. The highest BCUT2D eigenvalue weighted by molar-refractivity contribution is 9.10. The second-order valence-corrected chi connectivity index (χ2v) is 6.74. The fraction of sp³-hybridized carbons (Fsp3) is 0.250. The van der Waals surface area contributed by atoms with Gasteiger partial charge in [0.1, 0.15) is 23.2 Å². The summed E-state index contributed by atoms with van der Waals surface area (Å²) in [5.41, 5.74) is 0.713. The van der Waals surface area contributed by atoms with Crippen molar-refractivity contribution in [1.29, 1.82) is 0 Å². The molecule has 0 fully saturated rings. The van der Waals surface area contributed by atoms with Crippen molar-refractivity contribution in [3.05, 3.63) is 56.6 Å². The molecule has 110 valence electrons. The number of thiophene rings is 1. The van der Waals surface area contributed by atoms with E-state index in [2.05, 4.69) is 39.6 Å². The number of nitrogens with one attached hydrogen (secondary N) is 1. The van der Waals surface area contributed by atoms with Crippen LogP contribution in [0.25, 0.3) is 11.0 Å². The Hall–Kier alpha value is -1.17. The normalized spacial score (nSPS) is 12.9. The van der Waals surface area contributed by atoms with Gasteiger partial charge < -0.3 is 9.73 Å². The van der Waals surface area contributed by atoms with Gasteiger partial charge >= 0.3 is 0 Å². The van der Waals surface area contributed by atoms with E-state index in [0.717, 1.165) is 28.6 Å². The zero-order valence-corrected chi connectivity index (χ0v) is 13.9. The molecule has 1 aromatic carbocycles. The number of hydrogen-bond acceptors (Lipinski definition) is 3. The summed E-state index contributed by atoms with van der Waals surface area (Å²) in [7, 11) is 0. The largest absolute Gasteiger partial charge is 0.459 e. The Morgan fingerprint density at radius 3 is 2.90 bits per heavy atom. The summed E-state index contributed by atoms with van der Waals surface area (Å²) in [6.45, 7) is 3.02. The third-order valence-electron chi connectivity index (χ3n) is 3.25. The van der Waals surface area contributed by atoms with E-state index in [0.29, 0.717) is 5.58 Å². The number of furan rings is 1. The van der Waals surface area contributed by atoms with Gasteiger partial charge in [-0.25, -0.2) is 4.39 Å². The van der Waals surface area contributed by atoms with Gasteiger partial charge in [0.2, 0.25) is 0 Å². The Morgan fingerprint density at radius 1 is 1.33 bits per heavy atom. The molecule has 1 atom stereocenters. The van der Waals surface area contributed by atoms with Crippen LogP contribution in [-0.2, 0) is 0 Å². The Kier molecular flexibility index (Phi) is 4.42. The van der Waals surface area contributed by atoms with Crippen molar-refractivity contribution in [2.24, 2.45) is 0 Å². The quantitative estimate of drug-likeness (QED) is 0.645. The third-order valence-corrected chi connectivity index (χ3v) is 5.01. The van der Waals surface area contributed by atoms with Crippen molar-refractivity contribution in [3.8, 4) is 0 Å². The summed E-state index contributed by atoms with van der Waals surface area (Å²) >= 11 is 5.16. The van der Waals surface area contributed by atoms with Crippen LogP contribution in [0.15, 0.2) is 44.6 Å². The highest BCUT2D eigenvalue weighted by Crippen LogP contribution is 2.33. The molecule has 0 saturated carbocycles. The van der Waals surface area contributed by atoms with E-state index in [9.17, 15) is 4.39 Å². The Labute approximate surface area is 135 Å². The van der Waals surface area contributed by atoms with Crippen LogP contribution in [0.1, 0.15) is 30.0 Å².